The molecule has 0 fully saturated rings. The average Bonchev–Trinajstić information content (AvgIpc) is 2.38. The van der Waals surface area contributed by atoms with E-state index in [9.17, 15) is 4.79 Å². The first-order valence-corrected chi connectivity index (χ1v) is 5.24. The van der Waals surface area contributed by atoms with E-state index in [1.165, 1.54) is 0 Å². The van der Waals surface area contributed by atoms with Crippen molar-refractivity contribution in [3.05, 3.63) is 42.0 Å². The maximum absolute atomic E-state index is 10.6. The van der Waals surface area contributed by atoms with Crippen molar-refractivity contribution in [2.75, 3.05) is 6.61 Å². The van der Waals surface area contributed by atoms with Crippen LogP contribution in [0.3, 0.4) is 0 Å². The van der Waals surface area contributed by atoms with Gasteiger partial charge in [0.15, 0.2) is 5.71 Å². The van der Waals surface area contributed by atoms with Gasteiger partial charge in [-0.25, -0.2) is 4.79 Å². The third-order valence-corrected chi connectivity index (χ3v) is 1.95. The van der Waals surface area contributed by atoms with E-state index in [2.05, 4.69) is 5.16 Å². The zero-order valence-electron chi connectivity index (χ0n) is 9.61. The highest BCUT2D eigenvalue weighted by atomic mass is 16.6. The fourth-order valence-electron chi connectivity index (χ4n) is 1.13. The van der Waals surface area contributed by atoms with Crippen LogP contribution in [0.5, 0.6) is 0 Å². The predicted molar refractivity (Wildman–Crippen MR) is 66.7 cm³/mol. The third-order valence-electron chi connectivity index (χ3n) is 1.95. The lowest BCUT2D eigenvalue weighted by molar-refractivity contribution is -0.129. The maximum atomic E-state index is 10.6. The molecule has 1 N–H and O–H groups in total. The molecule has 1 aromatic rings. The first-order chi connectivity index (χ1) is 8.74. The van der Waals surface area contributed by atoms with Crippen LogP contribution in [0.2, 0.25) is 0 Å². The molecule has 0 radical (unpaired) electrons. The molecule has 0 aliphatic carbocycles. The van der Waals surface area contributed by atoms with E-state index in [0.29, 0.717) is 0 Å². The van der Waals surface area contributed by atoms with Crippen molar-refractivity contribution in [1.82, 2.24) is 0 Å². The summed E-state index contributed by atoms with van der Waals surface area (Å²) in [4.78, 5) is 15.4. The van der Waals surface area contributed by atoms with Crippen molar-refractivity contribution in [2.45, 2.75) is 6.42 Å². The normalized spacial score (nSPS) is 11.2. The van der Waals surface area contributed by atoms with Crippen LogP contribution in [0.1, 0.15) is 12.0 Å². The fourth-order valence-corrected chi connectivity index (χ4v) is 1.13. The van der Waals surface area contributed by atoms with Gasteiger partial charge >= 0.3 is 5.97 Å². The molecule has 0 saturated carbocycles. The maximum Gasteiger partial charge on any atom is 0.354 e. The molecule has 5 heteroatoms. The van der Waals surface area contributed by atoms with Gasteiger partial charge in [0.25, 0.3) is 0 Å². The van der Waals surface area contributed by atoms with Crippen LogP contribution in [0, 0.1) is 11.3 Å². The van der Waals surface area contributed by atoms with Crippen molar-refractivity contribution in [2.24, 2.45) is 5.16 Å². The van der Waals surface area contributed by atoms with Gasteiger partial charge in [0, 0.05) is 0 Å². The number of nitrogens with zero attached hydrogens (tertiary/aromatic N) is 2. The van der Waals surface area contributed by atoms with Gasteiger partial charge in [-0.2, -0.15) is 5.26 Å². The van der Waals surface area contributed by atoms with Crippen LogP contribution in [-0.4, -0.2) is 23.4 Å². The zero-order chi connectivity index (χ0) is 13.2. The van der Waals surface area contributed by atoms with Gasteiger partial charge in [-0.1, -0.05) is 41.6 Å². The highest BCUT2D eigenvalue weighted by Crippen LogP contribution is 2.00. The molecule has 0 atom stereocenters. The molecular weight excluding hydrogens is 232 g/mol. The monoisotopic (exact) mass is 244 g/mol. The minimum atomic E-state index is -1.25. The second-order valence-electron chi connectivity index (χ2n) is 3.29. The summed E-state index contributed by atoms with van der Waals surface area (Å²) in [7, 11) is 0. The third kappa shape index (κ3) is 4.94. The largest absolute Gasteiger partial charge is 0.477 e. The number of carboxylic acid groups (broad SMARTS) is 1. The van der Waals surface area contributed by atoms with Gasteiger partial charge in [-0.3, -0.25) is 0 Å². The van der Waals surface area contributed by atoms with Crippen molar-refractivity contribution in [3.63, 3.8) is 0 Å². The highest BCUT2D eigenvalue weighted by molar-refractivity contribution is 6.35. The van der Waals surface area contributed by atoms with Gasteiger partial charge < -0.3 is 9.94 Å². The predicted octanol–water partition coefficient (Wildman–Crippen LogP) is 2.07. The minimum absolute atomic E-state index is 0.150. The summed E-state index contributed by atoms with van der Waals surface area (Å²) in [6, 6.07) is 11.3. The first kappa shape index (κ1) is 13.5. The van der Waals surface area contributed by atoms with E-state index in [1.807, 2.05) is 36.4 Å². The summed E-state index contributed by atoms with van der Waals surface area (Å²) in [5, 5.41) is 20.4. The number of rotatable bonds is 6. The van der Waals surface area contributed by atoms with Crippen molar-refractivity contribution in [1.29, 1.82) is 5.26 Å². The van der Waals surface area contributed by atoms with E-state index in [0.717, 1.165) is 5.56 Å². The summed E-state index contributed by atoms with van der Waals surface area (Å²) < 4.78 is 0. The topological polar surface area (TPSA) is 82.7 Å². The number of nitriles is 1. The molecule has 92 valence electrons. The Hall–Kier alpha value is -2.61. The molecule has 0 amide bonds. The van der Waals surface area contributed by atoms with E-state index >= 15 is 0 Å². The minimum Gasteiger partial charge on any atom is -0.477 e. The quantitative estimate of drug-likeness (QED) is 0.471. The summed E-state index contributed by atoms with van der Waals surface area (Å²) in [5.74, 6) is -1.25. The molecule has 0 bridgehead atoms. The molecule has 0 saturated heterocycles. The first-order valence-electron chi connectivity index (χ1n) is 5.24. The Bertz CT molecular complexity index is 487. The number of aliphatic carboxylic acids is 1. The number of benzene rings is 1. The van der Waals surface area contributed by atoms with Crippen LogP contribution >= 0.6 is 0 Å². The van der Waals surface area contributed by atoms with Gasteiger partial charge in [0.2, 0.25) is 0 Å². The Kier molecular flexibility index (Phi) is 5.70. The van der Waals surface area contributed by atoms with Crippen LogP contribution in [-0.2, 0) is 9.63 Å². The number of carboxylic acids is 1. The Labute approximate surface area is 105 Å². The molecule has 0 aliphatic heterocycles. The highest BCUT2D eigenvalue weighted by Gasteiger charge is 2.08. The second kappa shape index (κ2) is 7.63. The molecule has 5 nitrogen and oxygen atoms in total. The average molecular weight is 244 g/mol. The van der Waals surface area contributed by atoms with E-state index < -0.39 is 5.97 Å². The Balaban J connectivity index is 2.42. The van der Waals surface area contributed by atoms with Gasteiger partial charge in [0.05, 0.1) is 12.5 Å². The molecule has 0 unspecified atom stereocenters. The van der Waals surface area contributed by atoms with Gasteiger partial charge in [-0.15, -0.1) is 0 Å². The Morgan fingerprint density at radius 2 is 2.17 bits per heavy atom. The number of oxime groups is 1. The Morgan fingerprint density at radius 1 is 1.44 bits per heavy atom. The lowest BCUT2D eigenvalue weighted by Gasteiger charge is -1.96. The van der Waals surface area contributed by atoms with Crippen LogP contribution in [0.25, 0.3) is 6.08 Å². The number of carbonyl (C=O) groups is 1. The number of hydrogen-bond donors (Lipinski definition) is 1. The summed E-state index contributed by atoms with van der Waals surface area (Å²) in [5.41, 5.74) is 0.714. The summed E-state index contributed by atoms with van der Waals surface area (Å²) >= 11 is 0. The molecule has 0 aliphatic rings. The molecule has 1 aromatic carbocycles. The van der Waals surface area contributed by atoms with Crippen molar-refractivity contribution in [3.8, 4) is 6.07 Å². The van der Waals surface area contributed by atoms with Crippen LogP contribution < -0.4 is 0 Å². The standard InChI is InChI=1S/C13H12N2O3/c14-9-8-12(13(16)17)15-18-10-4-7-11-5-2-1-3-6-11/h1-7H,8,10H2,(H,16,17)/b7-4+,15-12-. The SMILES string of the molecule is N#CC/C(=N/OC/C=C/c1ccccc1)C(=O)O. The second-order valence-corrected chi connectivity index (χ2v) is 3.29. The molecule has 0 aromatic heterocycles. The van der Waals surface area contributed by atoms with Gasteiger partial charge in [-0.05, 0) is 11.6 Å². The molecule has 18 heavy (non-hydrogen) atoms. The fraction of sp³-hybridized carbons (Fsp3) is 0.154. The van der Waals surface area contributed by atoms with Crippen LogP contribution in [0.15, 0.2) is 41.6 Å². The summed E-state index contributed by atoms with van der Waals surface area (Å²) in [6.45, 7) is 0.150. The lowest BCUT2D eigenvalue weighted by atomic mass is 10.2. The smallest absolute Gasteiger partial charge is 0.354 e. The van der Waals surface area contributed by atoms with E-state index in [1.54, 1.807) is 12.1 Å². The molecular formula is C13H12N2O3. The van der Waals surface area contributed by atoms with E-state index in [4.69, 9.17) is 15.2 Å². The summed E-state index contributed by atoms with van der Waals surface area (Å²) in [6.07, 6.45) is 3.27. The van der Waals surface area contributed by atoms with E-state index in [-0.39, 0.29) is 18.7 Å². The van der Waals surface area contributed by atoms with Crippen LogP contribution in [0.4, 0.5) is 0 Å². The number of hydrogen-bond acceptors (Lipinski definition) is 4. The lowest BCUT2D eigenvalue weighted by Crippen LogP contribution is -2.12. The molecule has 0 spiro atoms. The Morgan fingerprint density at radius 3 is 2.78 bits per heavy atom. The molecule has 1 rings (SSSR count). The zero-order valence-corrected chi connectivity index (χ0v) is 9.61. The van der Waals surface area contributed by atoms with Crippen molar-refractivity contribution < 1.29 is 14.7 Å². The van der Waals surface area contributed by atoms with Crippen molar-refractivity contribution >= 4 is 17.8 Å². The molecule has 0 heterocycles. The van der Waals surface area contributed by atoms with Gasteiger partial charge in [0.1, 0.15) is 6.61 Å².